The standard InChI is InChI=1S/C11H15N5O2/c1-3-8-6-9(15-14-8)13-10(17)4-5-11-12-7(2)16-18-11/h6H,3-5H2,1-2H3,(H2,13,14,15,17). The second-order valence-corrected chi connectivity index (χ2v) is 3.92. The summed E-state index contributed by atoms with van der Waals surface area (Å²) in [5, 5.41) is 13.2. The Hall–Kier alpha value is -2.18. The molecule has 0 fully saturated rings. The van der Waals surface area contributed by atoms with Crippen LogP contribution in [0.3, 0.4) is 0 Å². The summed E-state index contributed by atoms with van der Waals surface area (Å²) in [7, 11) is 0. The highest BCUT2D eigenvalue weighted by atomic mass is 16.5. The third-order valence-electron chi connectivity index (χ3n) is 2.41. The summed E-state index contributed by atoms with van der Waals surface area (Å²) < 4.78 is 4.92. The Kier molecular flexibility index (Phi) is 3.71. The number of H-pyrrole nitrogens is 1. The number of aryl methyl sites for hydroxylation is 3. The van der Waals surface area contributed by atoms with Gasteiger partial charge in [0.25, 0.3) is 0 Å². The van der Waals surface area contributed by atoms with Crippen molar-refractivity contribution in [3.05, 3.63) is 23.5 Å². The van der Waals surface area contributed by atoms with Crippen molar-refractivity contribution in [2.45, 2.75) is 33.1 Å². The van der Waals surface area contributed by atoms with E-state index in [1.54, 1.807) is 6.92 Å². The van der Waals surface area contributed by atoms with Crippen LogP contribution in [0.15, 0.2) is 10.6 Å². The summed E-state index contributed by atoms with van der Waals surface area (Å²) in [6.45, 7) is 3.75. The summed E-state index contributed by atoms with van der Waals surface area (Å²) in [5.41, 5.74) is 0.984. The summed E-state index contributed by atoms with van der Waals surface area (Å²) in [6.07, 6.45) is 1.57. The monoisotopic (exact) mass is 249 g/mol. The first-order chi connectivity index (χ1) is 8.67. The number of aromatic amines is 1. The quantitative estimate of drug-likeness (QED) is 0.830. The number of aromatic nitrogens is 4. The number of hydrogen-bond acceptors (Lipinski definition) is 5. The first-order valence-electron chi connectivity index (χ1n) is 5.80. The lowest BCUT2D eigenvalue weighted by molar-refractivity contribution is -0.116. The molecule has 2 rings (SSSR count). The number of carbonyl (C=O) groups is 1. The molecule has 0 aromatic carbocycles. The molecule has 0 unspecified atom stereocenters. The van der Waals surface area contributed by atoms with Crippen LogP contribution in [-0.2, 0) is 17.6 Å². The predicted molar refractivity (Wildman–Crippen MR) is 64.0 cm³/mol. The molecule has 0 radical (unpaired) electrons. The van der Waals surface area contributed by atoms with E-state index in [0.29, 0.717) is 24.0 Å². The van der Waals surface area contributed by atoms with Crippen LogP contribution in [0, 0.1) is 6.92 Å². The molecule has 1 amide bonds. The zero-order valence-corrected chi connectivity index (χ0v) is 10.4. The Morgan fingerprint density at radius 2 is 2.39 bits per heavy atom. The normalized spacial score (nSPS) is 10.6. The van der Waals surface area contributed by atoms with Gasteiger partial charge in [0.05, 0.1) is 0 Å². The van der Waals surface area contributed by atoms with Gasteiger partial charge in [0, 0.05) is 24.6 Å². The van der Waals surface area contributed by atoms with Crippen LogP contribution in [0.25, 0.3) is 0 Å². The predicted octanol–water partition coefficient (Wildman–Crippen LogP) is 1.23. The van der Waals surface area contributed by atoms with Gasteiger partial charge in [-0.05, 0) is 13.3 Å². The zero-order valence-electron chi connectivity index (χ0n) is 10.4. The van der Waals surface area contributed by atoms with E-state index in [4.69, 9.17) is 4.52 Å². The minimum absolute atomic E-state index is 0.125. The SMILES string of the molecule is CCc1cc(NC(=O)CCc2nc(C)no2)n[nH]1. The van der Waals surface area contributed by atoms with Crippen LogP contribution in [0.4, 0.5) is 5.82 Å². The van der Waals surface area contributed by atoms with Crippen molar-refractivity contribution in [3.63, 3.8) is 0 Å². The van der Waals surface area contributed by atoms with Crippen LogP contribution in [0.2, 0.25) is 0 Å². The number of rotatable bonds is 5. The number of amides is 1. The maximum absolute atomic E-state index is 11.6. The molecule has 0 spiro atoms. The van der Waals surface area contributed by atoms with E-state index in [9.17, 15) is 4.79 Å². The Bertz CT molecular complexity index is 531. The van der Waals surface area contributed by atoms with Crippen molar-refractivity contribution >= 4 is 11.7 Å². The maximum Gasteiger partial charge on any atom is 0.227 e. The van der Waals surface area contributed by atoms with Gasteiger partial charge in [-0.3, -0.25) is 9.89 Å². The van der Waals surface area contributed by atoms with Crippen molar-refractivity contribution in [3.8, 4) is 0 Å². The largest absolute Gasteiger partial charge is 0.339 e. The molecule has 18 heavy (non-hydrogen) atoms. The molecule has 2 N–H and O–H groups in total. The van der Waals surface area contributed by atoms with Crippen molar-refractivity contribution in [1.29, 1.82) is 0 Å². The Morgan fingerprint density at radius 1 is 1.56 bits per heavy atom. The van der Waals surface area contributed by atoms with Crippen LogP contribution in [0.1, 0.15) is 30.8 Å². The molecule has 7 heteroatoms. The highest BCUT2D eigenvalue weighted by Gasteiger charge is 2.09. The molecular formula is C11H15N5O2. The smallest absolute Gasteiger partial charge is 0.227 e. The van der Waals surface area contributed by atoms with Gasteiger partial charge >= 0.3 is 0 Å². The van der Waals surface area contributed by atoms with Crippen molar-refractivity contribution < 1.29 is 9.32 Å². The van der Waals surface area contributed by atoms with Crippen LogP contribution in [0.5, 0.6) is 0 Å². The maximum atomic E-state index is 11.6. The lowest BCUT2D eigenvalue weighted by Gasteiger charge is -1.98. The number of nitrogens with zero attached hydrogens (tertiary/aromatic N) is 3. The summed E-state index contributed by atoms with van der Waals surface area (Å²) in [5.74, 6) is 1.46. The van der Waals surface area contributed by atoms with Gasteiger partial charge in [-0.25, -0.2) is 0 Å². The average Bonchev–Trinajstić information content (AvgIpc) is 2.95. The zero-order chi connectivity index (χ0) is 13.0. The van der Waals surface area contributed by atoms with Crippen LogP contribution >= 0.6 is 0 Å². The van der Waals surface area contributed by atoms with E-state index in [1.807, 2.05) is 13.0 Å². The molecular weight excluding hydrogens is 234 g/mol. The first-order valence-corrected chi connectivity index (χ1v) is 5.80. The number of nitrogens with one attached hydrogen (secondary N) is 2. The molecule has 2 heterocycles. The molecule has 0 aliphatic carbocycles. The Morgan fingerprint density at radius 3 is 3.00 bits per heavy atom. The first kappa shape index (κ1) is 12.3. The molecule has 2 aromatic rings. The minimum Gasteiger partial charge on any atom is -0.339 e. The van der Waals surface area contributed by atoms with Crippen LogP contribution in [-0.4, -0.2) is 26.2 Å². The molecule has 0 saturated heterocycles. The van der Waals surface area contributed by atoms with Gasteiger partial charge in [-0.15, -0.1) is 0 Å². The number of hydrogen-bond donors (Lipinski definition) is 2. The van der Waals surface area contributed by atoms with Gasteiger partial charge in [0.15, 0.2) is 11.6 Å². The van der Waals surface area contributed by atoms with Gasteiger partial charge in [-0.2, -0.15) is 10.1 Å². The second-order valence-electron chi connectivity index (χ2n) is 3.92. The lowest BCUT2D eigenvalue weighted by Crippen LogP contribution is -2.12. The van der Waals surface area contributed by atoms with E-state index in [0.717, 1.165) is 12.1 Å². The molecule has 96 valence electrons. The van der Waals surface area contributed by atoms with E-state index >= 15 is 0 Å². The van der Waals surface area contributed by atoms with Gasteiger partial charge in [-0.1, -0.05) is 12.1 Å². The molecule has 2 aromatic heterocycles. The molecule has 0 bridgehead atoms. The minimum atomic E-state index is -0.125. The molecule has 0 aliphatic heterocycles. The summed E-state index contributed by atoms with van der Waals surface area (Å²) in [4.78, 5) is 15.7. The van der Waals surface area contributed by atoms with E-state index in [2.05, 4.69) is 25.7 Å². The topological polar surface area (TPSA) is 96.7 Å². The molecule has 0 atom stereocenters. The summed E-state index contributed by atoms with van der Waals surface area (Å²) in [6, 6.07) is 1.81. The fourth-order valence-corrected chi connectivity index (χ4v) is 1.47. The molecule has 0 aliphatic rings. The van der Waals surface area contributed by atoms with E-state index < -0.39 is 0 Å². The van der Waals surface area contributed by atoms with Crippen molar-refractivity contribution in [2.24, 2.45) is 0 Å². The van der Waals surface area contributed by atoms with Crippen molar-refractivity contribution in [1.82, 2.24) is 20.3 Å². The lowest BCUT2D eigenvalue weighted by atomic mass is 10.3. The third kappa shape index (κ3) is 3.16. The van der Waals surface area contributed by atoms with E-state index in [1.165, 1.54) is 0 Å². The number of anilines is 1. The van der Waals surface area contributed by atoms with Crippen LogP contribution < -0.4 is 5.32 Å². The highest BCUT2D eigenvalue weighted by molar-refractivity contribution is 5.89. The Balaban J connectivity index is 1.81. The second kappa shape index (κ2) is 5.44. The fraction of sp³-hybridized carbons (Fsp3) is 0.455. The average molecular weight is 249 g/mol. The fourth-order valence-electron chi connectivity index (χ4n) is 1.47. The van der Waals surface area contributed by atoms with E-state index in [-0.39, 0.29) is 12.3 Å². The van der Waals surface area contributed by atoms with Gasteiger partial charge in [0.1, 0.15) is 0 Å². The van der Waals surface area contributed by atoms with Gasteiger partial charge in [0.2, 0.25) is 11.8 Å². The molecule has 0 saturated carbocycles. The highest BCUT2D eigenvalue weighted by Crippen LogP contribution is 2.07. The number of carbonyl (C=O) groups excluding carboxylic acids is 1. The van der Waals surface area contributed by atoms with Gasteiger partial charge < -0.3 is 9.84 Å². The summed E-state index contributed by atoms with van der Waals surface area (Å²) >= 11 is 0. The van der Waals surface area contributed by atoms with Crippen molar-refractivity contribution in [2.75, 3.05) is 5.32 Å². The third-order valence-corrected chi connectivity index (χ3v) is 2.41. The molecule has 7 nitrogen and oxygen atoms in total. The Labute approximate surface area is 104 Å².